The normalized spacial score (nSPS) is 13.6. The molecule has 0 radical (unpaired) electrons. The smallest absolute Gasteiger partial charge is 0.151 e. The van der Waals surface area contributed by atoms with Gasteiger partial charge < -0.3 is 19.3 Å². The van der Waals surface area contributed by atoms with Crippen LogP contribution in [0.1, 0.15) is 22.3 Å². The van der Waals surface area contributed by atoms with Gasteiger partial charge in [-0.1, -0.05) is 121 Å². The molecule has 0 aromatic heterocycles. The number of benzene rings is 7. The van der Waals surface area contributed by atoms with Gasteiger partial charge in [0.2, 0.25) is 0 Å². The second-order valence-electron chi connectivity index (χ2n) is 15.0. The summed E-state index contributed by atoms with van der Waals surface area (Å²) in [7, 11) is 0. The second-order valence-corrected chi connectivity index (χ2v) is 15.0. The molecule has 2 aliphatic heterocycles. The molecule has 282 valence electrons. The number of allylic oxidation sites excluding steroid dienone is 6. The Balaban J connectivity index is 1.39. The molecular formula is C54H44N2O2. The SMILES string of the molecule is C=C/C=C\C1=CN(c2ccc3c(-c4ccc(C)cc4C)c4cc(N5c6ccccc6Oc6ccccc65)ccc4c(-c4ccc(C)cc4C)c3c2)C(/C=C\C=C)=CO1. The van der Waals surface area contributed by atoms with Crippen LogP contribution in [0.5, 0.6) is 11.5 Å². The van der Waals surface area contributed by atoms with Gasteiger partial charge in [-0.05, 0) is 143 Å². The summed E-state index contributed by atoms with van der Waals surface area (Å²) in [5.41, 5.74) is 14.7. The van der Waals surface area contributed by atoms with Gasteiger partial charge in [-0.2, -0.15) is 0 Å². The maximum atomic E-state index is 6.43. The molecule has 0 atom stereocenters. The van der Waals surface area contributed by atoms with Crippen molar-refractivity contribution in [3.8, 4) is 33.8 Å². The third-order valence-electron chi connectivity index (χ3n) is 11.0. The summed E-state index contributed by atoms with van der Waals surface area (Å²) < 4.78 is 12.5. The molecule has 0 saturated heterocycles. The van der Waals surface area contributed by atoms with E-state index in [1.54, 1.807) is 18.4 Å². The van der Waals surface area contributed by atoms with E-state index in [9.17, 15) is 0 Å². The number of anilines is 4. The molecular weight excluding hydrogens is 709 g/mol. The Morgan fingerprint density at radius 3 is 1.64 bits per heavy atom. The first-order chi connectivity index (χ1) is 28.3. The minimum Gasteiger partial charge on any atom is -0.461 e. The largest absolute Gasteiger partial charge is 0.461 e. The number of rotatable bonds is 8. The molecule has 58 heavy (non-hydrogen) atoms. The van der Waals surface area contributed by atoms with Gasteiger partial charge in [0.15, 0.2) is 11.5 Å². The quantitative estimate of drug-likeness (QED) is 0.114. The molecule has 0 saturated carbocycles. The van der Waals surface area contributed by atoms with Crippen LogP contribution in [0, 0.1) is 27.7 Å². The monoisotopic (exact) mass is 752 g/mol. The molecule has 0 amide bonds. The van der Waals surface area contributed by atoms with Crippen molar-refractivity contribution in [2.45, 2.75) is 27.7 Å². The second kappa shape index (κ2) is 15.0. The Morgan fingerprint density at radius 2 is 1.07 bits per heavy atom. The fourth-order valence-corrected chi connectivity index (χ4v) is 8.42. The third-order valence-corrected chi connectivity index (χ3v) is 11.0. The highest BCUT2D eigenvalue weighted by Gasteiger charge is 2.27. The average molecular weight is 753 g/mol. The first-order valence-corrected chi connectivity index (χ1v) is 19.6. The first kappa shape index (κ1) is 36.3. The Hall–Kier alpha value is -7.30. The molecule has 0 aliphatic carbocycles. The van der Waals surface area contributed by atoms with Crippen LogP contribution in [0.4, 0.5) is 22.7 Å². The zero-order chi connectivity index (χ0) is 39.9. The number of nitrogens with zero attached hydrogens (tertiary/aromatic N) is 2. The minimum absolute atomic E-state index is 0.707. The zero-order valence-corrected chi connectivity index (χ0v) is 33.3. The molecule has 9 rings (SSSR count). The van der Waals surface area contributed by atoms with Gasteiger partial charge in [0.25, 0.3) is 0 Å². The highest BCUT2D eigenvalue weighted by atomic mass is 16.5. The molecule has 4 heteroatoms. The van der Waals surface area contributed by atoms with Crippen molar-refractivity contribution in [3.63, 3.8) is 0 Å². The number of para-hydroxylation sites is 4. The Labute approximate surface area is 340 Å². The number of fused-ring (bicyclic) bond motifs is 4. The van der Waals surface area contributed by atoms with Crippen molar-refractivity contribution in [1.29, 1.82) is 0 Å². The summed E-state index contributed by atoms with van der Waals surface area (Å²) in [6.45, 7) is 16.5. The zero-order valence-electron chi connectivity index (χ0n) is 33.3. The first-order valence-electron chi connectivity index (χ1n) is 19.6. The summed E-state index contributed by atoms with van der Waals surface area (Å²) in [5, 5.41) is 4.70. The summed E-state index contributed by atoms with van der Waals surface area (Å²) >= 11 is 0. The van der Waals surface area contributed by atoms with Crippen LogP contribution in [-0.4, -0.2) is 0 Å². The van der Waals surface area contributed by atoms with E-state index < -0.39 is 0 Å². The van der Waals surface area contributed by atoms with E-state index >= 15 is 0 Å². The Kier molecular flexibility index (Phi) is 9.39. The lowest BCUT2D eigenvalue weighted by Gasteiger charge is -2.33. The van der Waals surface area contributed by atoms with Crippen molar-refractivity contribution in [1.82, 2.24) is 0 Å². The molecule has 0 fully saturated rings. The van der Waals surface area contributed by atoms with Crippen molar-refractivity contribution in [3.05, 3.63) is 217 Å². The number of aryl methyl sites for hydroxylation is 4. The van der Waals surface area contributed by atoms with E-state index in [1.165, 1.54) is 60.7 Å². The van der Waals surface area contributed by atoms with Crippen LogP contribution in [0.2, 0.25) is 0 Å². The fourth-order valence-electron chi connectivity index (χ4n) is 8.42. The van der Waals surface area contributed by atoms with Gasteiger partial charge in [-0.15, -0.1) is 0 Å². The van der Waals surface area contributed by atoms with E-state index in [-0.39, 0.29) is 0 Å². The maximum Gasteiger partial charge on any atom is 0.151 e. The molecule has 0 spiro atoms. The van der Waals surface area contributed by atoms with Gasteiger partial charge in [-0.3, -0.25) is 0 Å². The van der Waals surface area contributed by atoms with Crippen molar-refractivity contribution in [2.24, 2.45) is 0 Å². The van der Waals surface area contributed by atoms with Crippen molar-refractivity contribution >= 4 is 44.3 Å². The van der Waals surface area contributed by atoms with Gasteiger partial charge in [0, 0.05) is 11.4 Å². The summed E-state index contributed by atoms with van der Waals surface area (Å²) in [6, 6.07) is 44.0. The van der Waals surface area contributed by atoms with Gasteiger partial charge in [0.05, 0.1) is 23.3 Å². The van der Waals surface area contributed by atoms with Crippen LogP contribution < -0.4 is 14.5 Å². The summed E-state index contributed by atoms with van der Waals surface area (Å²) in [5.74, 6) is 2.36. The number of ether oxygens (including phenoxy) is 2. The number of hydrogen-bond acceptors (Lipinski definition) is 4. The van der Waals surface area contributed by atoms with E-state index in [0.717, 1.165) is 45.3 Å². The van der Waals surface area contributed by atoms with E-state index in [0.29, 0.717) is 5.76 Å². The standard InChI is InChI=1S/C54H44N2O2/c1-7-9-15-41-34-57-42(16-10-8-2)33-55(41)39-23-27-45-47(31-39)53(43-25-21-35(3)29-37(43)5)46-28-24-40(32-48(46)54(45)44-26-22-36(4)30-38(44)6)56-49-17-11-13-19-51(49)58-52-20-14-12-18-50(52)56/h7-34H,1-2H2,3-6H3/b15-9-,16-10-. The predicted octanol–water partition coefficient (Wildman–Crippen LogP) is 15.1. The highest BCUT2D eigenvalue weighted by molar-refractivity contribution is 6.23. The topological polar surface area (TPSA) is 24.9 Å². The Bertz CT molecular complexity index is 2900. The molecule has 0 N–H and O–H groups in total. The van der Waals surface area contributed by atoms with Crippen LogP contribution in [-0.2, 0) is 4.74 Å². The fraction of sp³-hybridized carbons (Fsp3) is 0.0741. The van der Waals surface area contributed by atoms with Crippen LogP contribution in [0.15, 0.2) is 195 Å². The number of hydrogen-bond donors (Lipinski definition) is 0. The van der Waals surface area contributed by atoms with E-state index in [4.69, 9.17) is 9.47 Å². The molecule has 0 bridgehead atoms. The van der Waals surface area contributed by atoms with Gasteiger partial charge in [-0.25, -0.2) is 0 Å². The third kappa shape index (κ3) is 6.39. The van der Waals surface area contributed by atoms with Gasteiger partial charge in [0.1, 0.15) is 12.0 Å². The molecule has 2 aliphatic rings. The lowest BCUT2D eigenvalue weighted by atomic mass is 9.83. The summed E-state index contributed by atoms with van der Waals surface area (Å²) in [6.07, 6.45) is 15.1. The molecule has 0 unspecified atom stereocenters. The lowest BCUT2D eigenvalue weighted by Crippen LogP contribution is -2.18. The lowest BCUT2D eigenvalue weighted by molar-refractivity contribution is 0.355. The van der Waals surface area contributed by atoms with E-state index in [2.05, 4.69) is 148 Å². The molecule has 7 aromatic carbocycles. The van der Waals surface area contributed by atoms with Crippen LogP contribution >= 0.6 is 0 Å². The molecule has 2 heterocycles. The summed E-state index contributed by atoms with van der Waals surface area (Å²) in [4.78, 5) is 4.51. The predicted molar refractivity (Wildman–Crippen MR) is 244 cm³/mol. The average Bonchev–Trinajstić information content (AvgIpc) is 3.23. The van der Waals surface area contributed by atoms with Crippen LogP contribution in [0.25, 0.3) is 43.8 Å². The molecule has 7 aromatic rings. The maximum absolute atomic E-state index is 6.43. The van der Waals surface area contributed by atoms with Crippen molar-refractivity contribution < 1.29 is 9.47 Å². The van der Waals surface area contributed by atoms with E-state index in [1.807, 2.05) is 54.8 Å². The Morgan fingerprint density at radius 1 is 0.534 bits per heavy atom. The molecule has 4 nitrogen and oxygen atoms in total. The van der Waals surface area contributed by atoms with Gasteiger partial charge >= 0.3 is 0 Å². The van der Waals surface area contributed by atoms with Crippen molar-refractivity contribution in [2.75, 3.05) is 9.80 Å². The minimum atomic E-state index is 0.707. The van der Waals surface area contributed by atoms with Crippen LogP contribution in [0.3, 0.4) is 0 Å². The highest BCUT2D eigenvalue weighted by Crippen LogP contribution is 2.53.